The molecule has 0 radical (unpaired) electrons. The Bertz CT molecular complexity index is 591. The summed E-state index contributed by atoms with van der Waals surface area (Å²) in [4.78, 5) is 21.0. The van der Waals surface area contributed by atoms with E-state index in [0.29, 0.717) is 19.5 Å². The molecule has 1 aromatic rings. The highest BCUT2D eigenvalue weighted by atomic mass is 32.1. The van der Waals surface area contributed by atoms with E-state index in [-0.39, 0.29) is 18.0 Å². The summed E-state index contributed by atoms with van der Waals surface area (Å²) < 4.78 is 0. The fraction of sp³-hybridized carbons (Fsp3) is 0.765. The molecule has 0 aliphatic carbocycles. The number of aliphatic hydroxyl groups is 1. The number of likely N-dealkylation sites (tertiary alicyclic amines) is 2. The molecule has 3 heterocycles. The fourth-order valence-corrected chi connectivity index (χ4v) is 4.35. The first-order valence-corrected chi connectivity index (χ1v) is 9.65. The van der Waals surface area contributed by atoms with Crippen molar-refractivity contribution in [1.82, 2.24) is 20.1 Å². The second-order valence-corrected chi connectivity index (χ2v) is 8.51. The number of nitrogens with zero attached hydrogens (tertiary/aromatic N) is 3. The van der Waals surface area contributed by atoms with Crippen LogP contribution in [0.3, 0.4) is 0 Å². The van der Waals surface area contributed by atoms with Crippen molar-refractivity contribution < 1.29 is 9.90 Å². The quantitative estimate of drug-likeness (QED) is 0.871. The van der Waals surface area contributed by atoms with Crippen LogP contribution >= 0.6 is 11.3 Å². The van der Waals surface area contributed by atoms with Gasteiger partial charge < -0.3 is 15.3 Å². The van der Waals surface area contributed by atoms with Crippen LogP contribution in [-0.4, -0.2) is 63.7 Å². The minimum atomic E-state index is -0.622. The molecule has 3 rings (SSSR count). The maximum absolute atomic E-state index is 12.3. The average molecular weight is 353 g/mol. The summed E-state index contributed by atoms with van der Waals surface area (Å²) in [5.74, 6) is 0.109. The molecule has 2 N–H and O–H groups in total. The molecule has 0 bridgehead atoms. The normalized spacial score (nSPS) is 28.0. The maximum atomic E-state index is 12.3. The van der Waals surface area contributed by atoms with Gasteiger partial charge in [0.2, 0.25) is 0 Å². The number of piperidine rings is 2. The van der Waals surface area contributed by atoms with Crippen LogP contribution in [0.15, 0.2) is 5.38 Å². The first-order valence-electron chi connectivity index (χ1n) is 8.77. The molecule has 1 aromatic heterocycles. The molecule has 0 saturated carbocycles. The molecule has 134 valence electrons. The predicted octanol–water partition coefficient (Wildman–Crippen LogP) is 1.83. The van der Waals surface area contributed by atoms with Crippen molar-refractivity contribution in [1.29, 1.82) is 0 Å². The molecule has 0 unspecified atom stereocenters. The molecule has 24 heavy (non-hydrogen) atoms. The number of hydrogen-bond donors (Lipinski definition) is 2. The summed E-state index contributed by atoms with van der Waals surface area (Å²) in [5.41, 5.74) is 0.483. The van der Waals surface area contributed by atoms with Crippen molar-refractivity contribution in [3.8, 4) is 0 Å². The number of aromatic nitrogens is 1. The molecule has 7 heteroatoms. The van der Waals surface area contributed by atoms with Crippen molar-refractivity contribution in [2.24, 2.45) is 5.92 Å². The average Bonchev–Trinajstić information content (AvgIpc) is 2.91. The van der Waals surface area contributed by atoms with Gasteiger partial charge in [0.25, 0.3) is 0 Å². The Labute approximate surface area is 147 Å². The van der Waals surface area contributed by atoms with Crippen molar-refractivity contribution in [2.75, 3.05) is 26.2 Å². The van der Waals surface area contributed by atoms with Gasteiger partial charge in [0.1, 0.15) is 0 Å². The molecule has 2 aliphatic rings. The minimum Gasteiger partial charge on any atom is -0.389 e. The number of carbonyl (C=O) groups is 1. The first kappa shape index (κ1) is 17.6. The summed E-state index contributed by atoms with van der Waals surface area (Å²) >= 11 is 1.68. The number of nitrogens with one attached hydrogen (secondary N) is 1. The van der Waals surface area contributed by atoms with Crippen LogP contribution in [0.5, 0.6) is 0 Å². The van der Waals surface area contributed by atoms with Gasteiger partial charge in [-0.25, -0.2) is 9.78 Å². The summed E-state index contributed by atoms with van der Waals surface area (Å²) in [7, 11) is 0. The van der Waals surface area contributed by atoms with Crippen molar-refractivity contribution >= 4 is 17.4 Å². The molecule has 2 amide bonds. The Morgan fingerprint density at radius 3 is 2.88 bits per heavy atom. The maximum Gasteiger partial charge on any atom is 0.317 e. The van der Waals surface area contributed by atoms with Gasteiger partial charge in [-0.1, -0.05) is 0 Å². The number of urea groups is 1. The van der Waals surface area contributed by atoms with Crippen LogP contribution in [0.2, 0.25) is 0 Å². The number of hydrogen-bond acceptors (Lipinski definition) is 5. The molecule has 0 spiro atoms. The molecule has 0 aromatic carbocycles. The molecular formula is C17H28N4O2S. The lowest BCUT2D eigenvalue weighted by Gasteiger charge is -2.50. The van der Waals surface area contributed by atoms with Gasteiger partial charge in [-0.05, 0) is 33.6 Å². The third-order valence-electron chi connectivity index (χ3n) is 5.11. The SMILES string of the molecule is Cc1nc(CN2CC[C@]3(O)CCN(C(=O)NC(C)C)C[C@@H]3C2)cs1. The van der Waals surface area contributed by atoms with Crippen molar-refractivity contribution in [3.05, 3.63) is 16.1 Å². The van der Waals surface area contributed by atoms with Gasteiger partial charge in [-0.2, -0.15) is 0 Å². The van der Waals surface area contributed by atoms with Crippen LogP contribution < -0.4 is 5.32 Å². The van der Waals surface area contributed by atoms with Crippen LogP contribution in [0, 0.1) is 12.8 Å². The smallest absolute Gasteiger partial charge is 0.317 e. The third-order valence-corrected chi connectivity index (χ3v) is 5.93. The van der Waals surface area contributed by atoms with E-state index in [4.69, 9.17) is 0 Å². The van der Waals surface area contributed by atoms with E-state index in [0.717, 1.165) is 36.8 Å². The molecule has 6 nitrogen and oxygen atoms in total. The van der Waals surface area contributed by atoms with Gasteiger partial charge in [0, 0.05) is 50.1 Å². The second-order valence-electron chi connectivity index (χ2n) is 7.44. The zero-order valence-corrected chi connectivity index (χ0v) is 15.6. The largest absolute Gasteiger partial charge is 0.389 e. The van der Waals surface area contributed by atoms with E-state index < -0.39 is 5.60 Å². The number of fused-ring (bicyclic) bond motifs is 1. The van der Waals surface area contributed by atoms with E-state index in [1.807, 2.05) is 25.7 Å². The van der Waals surface area contributed by atoms with Crippen molar-refractivity contribution in [3.63, 3.8) is 0 Å². The Morgan fingerprint density at radius 2 is 2.21 bits per heavy atom. The summed E-state index contributed by atoms with van der Waals surface area (Å²) in [5, 5.41) is 17.1. The fourth-order valence-electron chi connectivity index (χ4n) is 3.75. The summed E-state index contributed by atoms with van der Waals surface area (Å²) in [6.07, 6.45) is 1.45. The zero-order chi connectivity index (χ0) is 17.3. The lowest BCUT2D eigenvalue weighted by atomic mass is 9.75. The molecule has 2 aliphatic heterocycles. The highest BCUT2D eigenvalue weighted by molar-refractivity contribution is 7.09. The highest BCUT2D eigenvalue weighted by Gasteiger charge is 2.45. The van der Waals surface area contributed by atoms with E-state index in [2.05, 4.69) is 20.6 Å². The standard InChI is InChI=1S/C17H28N4O2S/c1-12(2)18-16(22)21-7-5-17(23)4-6-20(8-14(17)9-21)10-15-11-24-13(3)19-15/h11-12,14,23H,4-10H2,1-3H3,(H,18,22)/t14-,17-/m0/s1. The molecular weight excluding hydrogens is 324 g/mol. The first-order chi connectivity index (χ1) is 11.4. The monoisotopic (exact) mass is 352 g/mol. The number of carbonyl (C=O) groups excluding carboxylic acids is 1. The molecule has 2 atom stereocenters. The predicted molar refractivity (Wildman–Crippen MR) is 95.0 cm³/mol. The Hall–Kier alpha value is -1.18. The van der Waals surface area contributed by atoms with Gasteiger partial charge in [-0.15, -0.1) is 11.3 Å². The zero-order valence-electron chi connectivity index (χ0n) is 14.8. The lowest BCUT2D eigenvalue weighted by molar-refractivity contribution is -0.107. The van der Waals surface area contributed by atoms with E-state index in [1.165, 1.54) is 0 Å². The number of amides is 2. The Morgan fingerprint density at radius 1 is 1.46 bits per heavy atom. The van der Waals surface area contributed by atoms with Gasteiger partial charge >= 0.3 is 6.03 Å². The highest BCUT2D eigenvalue weighted by Crippen LogP contribution is 2.36. The summed E-state index contributed by atoms with van der Waals surface area (Å²) in [6.45, 7) is 9.76. The molecule has 2 fully saturated rings. The minimum absolute atomic E-state index is 0.0145. The summed E-state index contributed by atoms with van der Waals surface area (Å²) in [6, 6.07) is 0.119. The van der Waals surface area contributed by atoms with Gasteiger partial charge in [-0.3, -0.25) is 4.90 Å². The van der Waals surface area contributed by atoms with Crippen LogP contribution in [0.1, 0.15) is 37.4 Å². The third kappa shape index (κ3) is 3.90. The van der Waals surface area contributed by atoms with Crippen LogP contribution in [0.25, 0.3) is 0 Å². The Kier molecular flexibility index (Phi) is 5.13. The van der Waals surface area contributed by atoms with Crippen LogP contribution in [-0.2, 0) is 6.54 Å². The second kappa shape index (κ2) is 6.98. The van der Waals surface area contributed by atoms with Gasteiger partial charge in [0.05, 0.1) is 16.3 Å². The molecule has 2 saturated heterocycles. The number of thiazole rings is 1. The van der Waals surface area contributed by atoms with E-state index in [1.54, 1.807) is 11.3 Å². The van der Waals surface area contributed by atoms with Gasteiger partial charge in [0.15, 0.2) is 0 Å². The van der Waals surface area contributed by atoms with Crippen LogP contribution in [0.4, 0.5) is 4.79 Å². The van der Waals surface area contributed by atoms with Crippen molar-refractivity contribution in [2.45, 2.75) is 51.8 Å². The number of rotatable bonds is 3. The topological polar surface area (TPSA) is 68.7 Å². The van der Waals surface area contributed by atoms with E-state index >= 15 is 0 Å². The number of aryl methyl sites for hydroxylation is 1. The lowest BCUT2D eigenvalue weighted by Crippen LogP contribution is -2.61. The Balaban J connectivity index is 1.62. The van der Waals surface area contributed by atoms with E-state index in [9.17, 15) is 9.90 Å².